The lowest BCUT2D eigenvalue weighted by Gasteiger charge is -2.26. The van der Waals surface area contributed by atoms with Gasteiger partial charge in [0.05, 0.1) is 22.0 Å². The number of nitrogens with zero attached hydrogens (tertiary/aromatic N) is 6. The van der Waals surface area contributed by atoms with Crippen LogP contribution < -0.4 is 10.6 Å². The zero-order valence-electron chi connectivity index (χ0n) is 26.0. The van der Waals surface area contributed by atoms with Crippen LogP contribution in [0.25, 0.3) is 16.0 Å². The van der Waals surface area contributed by atoms with Gasteiger partial charge in [0.15, 0.2) is 0 Å². The number of nitriles is 1. The third-order valence-corrected chi connectivity index (χ3v) is 8.50. The highest BCUT2D eigenvalue weighted by atomic mass is 32.1. The van der Waals surface area contributed by atoms with Gasteiger partial charge in [-0.25, -0.2) is 9.67 Å². The zero-order chi connectivity index (χ0) is 31.4. The van der Waals surface area contributed by atoms with Gasteiger partial charge in [-0.1, -0.05) is 46.8 Å². The van der Waals surface area contributed by atoms with E-state index in [4.69, 9.17) is 4.98 Å². The second-order valence-electron chi connectivity index (χ2n) is 12.8. The Morgan fingerprint density at radius 2 is 2.05 bits per heavy atom. The average Bonchev–Trinajstić information content (AvgIpc) is 3.78. The largest absolute Gasteiger partial charge is 0.333 e. The van der Waals surface area contributed by atoms with Crippen LogP contribution in [0.5, 0.6) is 0 Å². The van der Waals surface area contributed by atoms with E-state index in [1.807, 2.05) is 55.8 Å². The van der Waals surface area contributed by atoms with Gasteiger partial charge in [-0.2, -0.15) is 10.4 Å². The van der Waals surface area contributed by atoms with E-state index in [2.05, 4.69) is 41.7 Å². The number of benzene rings is 1. The number of allylic oxidation sites excluding steroid dienone is 1. The van der Waals surface area contributed by atoms with Crippen molar-refractivity contribution in [2.75, 3.05) is 18.4 Å². The molecule has 0 saturated carbocycles. The summed E-state index contributed by atoms with van der Waals surface area (Å²) in [6.07, 6.45) is 6.92. The van der Waals surface area contributed by atoms with Crippen LogP contribution in [0.1, 0.15) is 62.7 Å². The number of imidazole rings is 1. The maximum atomic E-state index is 13.5. The molecule has 4 heterocycles. The number of amides is 2. The standard InChI is InChI=1S/C33H40N8O2S/c1-22(2)19-35-20-23-9-10-27-26(16-23)37-32(38-30(42)28-11-12-29(44-28)41-15-7-13-36-41)40(27)21-25-8-6-14-39(25)31(43)24(18-34)17-33(3,4)5/h7,9-13,15-17,22,25,35H,6,8,14,19-21H2,1-5H3,(H,37,38,42)/t25-/m1/s1. The van der Waals surface area contributed by atoms with Crippen molar-refractivity contribution in [3.05, 3.63) is 70.9 Å². The van der Waals surface area contributed by atoms with Crippen molar-refractivity contribution in [1.82, 2.24) is 29.5 Å². The molecule has 0 radical (unpaired) electrons. The topological polar surface area (TPSA) is 121 Å². The van der Waals surface area contributed by atoms with E-state index >= 15 is 0 Å². The first kappa shape index (κ1) is 31.2. The van der Waals surface area contributed by atoms with Gasteiger partial charge < -0.3 is 14.8 Å². The summed E-state index contributed by atoms with van der Waals surface area (Å²) in [5, 5.41) is 21.4. The molecule has 2 N–H and O–H groups in total. The van der Waals surface area contributed by atoms with Gasteiger partial charge in [-0.05, 0) is 66.6 Å². The Balaban J connectivity index is 1.45. The number of nitrogens with one attached hydrogen (secondary N) is 2. The molecule has 230 valence electrons. The summed E-state index contributed by atoms with van der Waals surface area (Å²) in [5.74, 6) is 0.463. The monoisotopic (exact) mass is 612 g/mol. The van der Waals surface area contributed by atoms with Crippen molar-refractivity contribution in [3.8, 4) is 11.1 Å². The molecule has 1 aliphatic rings. The van der Waals surface area contributed by atoms with Crippen LogP contribution in [0.3, 0.4) is 0 Å². The molecule has 1 atom stereocenters. The fourth-order valence-electron chi connectivity index (χ4n) is 5.44. The molecule has 0 bridgehead atoms. The molecule has 4 aromatic rings. The van der Waals surface area contributed by atoms with Gasteiger partial charge in [0.25, 0.3) is 11.8 Å². The van der Waals surface area contributed by atoms with E-state index in [-0.39, 0.29) is 28.8 Å². The fraction of sp³-hybridized carbons (Fsp3) is 0.424. The Bertz CT molecular complexity index is 1700. The third kappa shape index (κ3) is 7.26. The Hall–Kier alpha value is -4.27. The highest BCUT2D eigenvalue weighted by Gasteiger charge is 2.32. The maximum Gasteiger partial charge on any atom is 0.268 e. The molecule has 11 heteroatoms. The van der Waals surface area contributed by atoms with Crippen LogP contribution in [0, 0.1) is 22.7 Å². The molecular formula is C33H40N8O2S. The highest BCUT2D eigenvalue weighted by molar-refractivity contribution is 7.16. The molecule has 1 fully saturated rings. The number of likely N-dealkylation sites (tertiary alicyclic amines) is 1. The predicted molar refractivity (Wildman–Crippen MR) is 174 cm³/mol. The van der Waals surface area contributed by atoms with Gasteiger partial charge >= 0.3 is 0 Å². The van der Waals surface area contributed by atoms with E-state index in [1.165, 1.54) is 11.3 Å². The van der Waals surface area contributed by atoms with Crippen LogP contribution in [0.4, 0.5) is 5.95 Å². The van der Waals surface area contributed by atoms with Gasteiger partial charge in [0.1, 0.15) is 16.6 Å². The lowest BCUT2D eigenvalue weighted by molar-refractivity contribution is -0.127. The summed E-state index contributed by atoms with van der Waals surface area (Å²) in [7, 11) is 0. The summed E-state index contributed by atoms with van der Waals surface area (Å²) in [6.45, 7) is 12.9. The minimum Gasteiger partial charge on any atom is -0.333 e. The number of carbonyl (C=O) groups excluding carboxylic acids is 2. The summed E-state index contributed by atoms with van der Waals surface area (Å²) in [6, 6.07) is 13.6. The Kier molecular flexibility index (Phi) is 9.32. The number of thiophene rings is 1. The molecular weight excluding hydrogens is 572 g/mol. The van der Waals surface area contributed by atoms with Crippen LogP contribution in [-0.2, 0) is 17.9 Å². The predicted octanol–water partition coefficient (Wildman–Crippen LogP) is 5.77. The molecule has 3 aromatic heterocycles. The molecule has 1 saturated heterocycles. The molecule has 2 amide bonds. The Morgan fingerprint density at radius 3 is 2.75 bits per heavy atom. The van der Waals surface area contributed by atoms with Crippen LogP contribution in [0.15, 0.2) is 60.4 Å². The number of carbonyl (C=O) groups is 2. The average molecular weight is 613 g/mol. The summed E-state index contributed by atoms with van der Waals surface area (Å²) < 4.78 is 3.72. The smallest absolute Gasteiger partial charge is 0.268 e. The zero-order valence-corrected chi connectivity index (χ0v) is 26.8. The Labute approximate surface area is 262 Å². The maximum absolute atomic E-state index is 13.5. The number of aromatic nitrogens is 4. The minimum absolute atomic E-state index is 0.146. The molecule has 0 aliphatic carbocycles. The van der Waals surface area contributed by atoms with Crippen molar-refractivity contribution in [2.24, 2.45) is 11.3 Å². The first-order valence-electron chi connectivity index (χ1n) is 15.1. The molecule has 0 spiro atoms. The van der Waals surface area contributed by atoms with Crippen LogP contribution >= 0.6 is 11.3 Å². The fourth-order valence-corrected chi connectivity index (χ4v) is 6.28. The lowest BCUT2D eigenvalue weighted by atomic mass is 9.93. The van der Waals surface area contributed by atoms with Crippen LogP contribution in [0.2, 0.25) is 0 Å². The van der Waals surface area contributed by atoms with Crippen molar-refractivity contribution >= 4 is 40.1 Å². The first-order chi connectivity index (χ1) is 21.0. The van der Waals surface area contributed by atoms with Crippen molar-refractivity contribution in [2.45, 2.75) is 66.6 Å². The number of hydrogen-bond donors (Lipinski definition) is 2. The SMILES string of the molecule is CC(C)CNCc1ccc2c(c1)nc(NC(=O)c1ccc(-n3cccn3)s1)n2C[C@H]1CCCN1C(=O)C(C#N)=CC(C)(C)C. The molecule has 44 heavy (non-hydrogen) atoms. The molecule has 5 rings (SSSR count). The summed E-state index contributed by atoms with van der Waals surface area (Å²) in [4.78, 5) is 34.2. The summed E-state index contributed by atoms with van der Waals surface area (Å²) >= 11 is 1.35. The van der Waals surface area contributed by atoms with Gasteiger partial charge in [0.2, 0.25) is 5.95 Å². The number of rotatable bonds is 10. The number of anilines is 1. The van der Waals surface area contributed by atoms with Crippen molar-refractivity contribution in [3.63, 3.8) is 0 Å². The van der Waals surface area contributed by atoms with Gasteiger partial charge in [0, 0.05) is 32.0 Å². The normalized spacial score (nSPS) is 15.7. The van der Waals surface area contributed by atoms with Crippen molar-refractivity contribution in [1.29, 1.82) is 5.26 Å². The second kappa shape index (κ2) is 13.2. The van der Waals surface area contributed by atoms with Crippen molar-refractivity contribution < 1.29 is 9.59 Å². The number of hydrogen-bond acceptors (Lipinski definition) is 7. The summed E-state index contributed by atoms with van der Waals surface area (Å²) in [5.41, 5.74) is 2.62. The highest BCUT2D eigenvalue weighted by Crippen LogP contribution is 2.29. The Morgan fingerprint density at radius 1 is 1.23 bits per heavy atom. The number of fused-ring (bicyclic) bond motifs is 1. The van der Waals surface area contributed by atoms with E-state index < -0.39 is 0 Å². The van der Waals surface area contributed by atoms with Crippen LogP contribution in [-0.4, -0.2) is 55.2 Å². The molecule has 0 unspecified atom stereocenters. The lowest BCUT2D eigenvalue weighted by Crippen LogP contribution is -2.39. The van der Waals surface area contributed by atoms with E-state index in [1.54, 1.807) is 27.9 Å². The molecule has 1 aliphatic heterocycles. The second-order valence-corrected chi connectivity index (χ2v) is 13.8. The van der Waals surface area contributed by atoms with E-state index in [9.17, 15) is 14.9 Å². The van der Waals surface area contributed by atoms with Gasteiger partial charge in [-0.3, -0.25) is 14.9 Å². The quantitative estimate of drug-likeness (QED) is 0.173. The minimum atomic E-state index is -0.297. The third-order valence-electron chi connectivity index (χ3n) is 7.43. The molecule has 10 nitrogen and oxygen atoms in total. The first-order valence-corrected chi connectivity index (χ1v) is 15.9. The van der Waals surface area contributed by atoms with E-state index in [0.717, 1.165) is 47.5 Å². The van der Waals surface area contributed by atoms with E-state index in [0.29, 0.717) is 29.8 Å². The molecule has 1 aromatic carbocycles. The van der Waals surface area contributed by atoms with Gasteiger partial charge in [-0.15, -0.1) is 11.3 Å².